The summed E-state index contributed by atoms with van der Waals surface area (Å²) in [6.45, 7) is 3.63. The minimum Gasteiger partial charge on any atom is -0.493 e. The van der Waals surface area contributed by atoms with Crippen molar-refractivity contribution in [3.05, 3.63) is 82.8 Å². The maximum absolute atomic E-state index is 14.0. The van der Waals surface area contributed by atoms with Gasteiger partial charge in [-0.1, -0.05) is 53.2 Å². The van der Waals surface area contributed by atoms with E-state index in [0.717, 1.165) is 20.8 Å². The Morgan fingerprint density at radius 3 is 2.20 bits per heavy atom. The second-order valence-electron chi connectivity index (χ2n) is 8.98. The number of carbonyl (C=O) groups is 2. The molecule has 0 aliphatic rings. The first-order valence-electron chi connectivity index (χ1n) is 12.7. The van der Waals surface area contributed by atoms with Gasteiger partial charge in [-0.3, -0.25) is 13.9 Å². The molecular weight excluding hydrogens is 598 g/mol. The van der Waals surface area contributed by atoms with Crippen LogP contribution in [-0.4, -0.2) is 58.5 Å². The van der Waals surface area contributed by atoms with Crippen molar-refractivity contribution in [3.8, 4) is 11.5 Å². The quantitative estimate of drug-likeness (QED) is 0.295. The predicted octanol–water partition coefficient (Wildman–Crippen LogP) is 4.61. The molecule has 3 aromatic rings. The zero-order chi connectivity index (χ0) is 29.3. The number of nitrogens with zero attached hydrogens (tertiary/aromatic N) is 2. The standard InChI is InChI=1S/C29H34BrN3O6S/c1-5-17-31-29(35)21(2)32(19-22-11-13-23(30)14-12-22)28(34)20-33(24-9-7-6-8-10-24)40(36,37)25-15-16-26(38-3)27(18-25)39-4/h6-16,18,21H,5,17,19-20H2,1-4H3,(H,31,35)/t21-/m0/s1. The van der Waals surface area contributed by atoms with Crippen molar-refractivity contribution in [3.63, 3.8) is 0 Å². The smallest absolute Gasteiger partial charge is 0.264 e. The summed E-state index contributed by atoms with van der Waals surface area (Å²) in [5.74, 6) is -0.242. The molecular formula is C29H34BrN3O6S. The van der Waals surface area contributed by atoms with Gasteiger partial charge in [-0.15, -0.1) is 0 Å². The van der Waals surface area contributed by atoms with Crippen LogP contribution in [0.25, 0.3) is 0 Å². The van der Waals surface area contributed by atoms with E-state index in [4.69, 9.17) is 9.47 Å². The number of rotatable bonds is 13. The summed E-state index contributed by atoms with van der Waals surface area (Å²) in [5.41, 5.74) is 1.10. The van der Waals surface area contributed by atoms with E-state index in [1.165, 1.54) is 37.3 Å². The van der Waals surface area contributed by atoms with Gasteiger partial charge in [-0.2, -0.15) is 0 Å². The Morgan fingerprint density at radius 2 is 1.60 bits per heavy atom. The number of anilines is 1. The van der Waals surface area contributed by atoms with Crippen LogP contribution in [0, 0.1) is 0 Å². The Hall–Kier alpha value is -3.57. The molecule has 3 aromatic carbocycles. The molecule has 0 unspecified atom stereocenters. The van der Waals surface area contributed by atoms with Crippen LogP contribution in [-0.2, 0) is 26.2 Å². The summed E-state index contributed by atoms with van der Waals surface area (Å²) in [5, 5.41) is 2.83. The van der Waals surface area contributed by atoms with Crippen LogP contribution in [0.15, 0.2) is 82.2 Å². The van der Waals surface area contributed by atoms with Crippen LogP contribution < -0.4 is 19.1 Å². The Morgan fingerprint density at radius 1 is 0.950 bits per heavy atom. The first-order valence-corrected chi connectivity index (χ1v) is 15.0. The average molecular weight is 633 g/mol. The minimum absolute atomic E-state index is 0.0741. The van der Waals surface area contributed by atoms with Gasteiger partial charge in [0.25, 0.3) is 10.0 Å². The van der Waals surface area contributed by atoms with Crippen LogP contribution in [0.3, 0.4) is 0 Å². The van der Waals surface area contributed by atoms with Gasteiger partial charge in [-0.05, 0) is 55.3 Å². The molecule has 40 heavy (non-hydrogen) atoms. The molecule has 0 fully saturated rings. The molecule has 1 N–H and O–H groups in total. The molecule has 3 rings (SSSR count). The van der Waals surface area contributed by atoms with Crippen LogP contribution in [0.1, 0.15) is 25.8 Å². The maximum atomic E-state index is 14.0. The van der Waals surface area contributed by atoms with E-state index >= 15 is 0 Å². The molecule has 0 saturated carbocycles. The Kier molecular flexibility index (Phi) is 11.0. The van der Waals surface area contributed by atoms with Gasteiger partial charge in [0.1, 0.15) is 12.6 Å². The molecule has 0 aliphatic heterocycles. The number of ether oxygens (including phenoxy) is 2. The van der Waals surface area contributed by atoms with E-state index in [-0.39, 0.29) is 23.1 Å². The molecule has 11 heteroatoms. The molecule has 0 aromatic heterocycles. The van der Waals surface area contributed by atoms with E-state index in [0.29, 0.717) is 18.0 Å². The zero-order valence-electron chi connectivity index (χ0n) is 23.0. The third-order valence-electron chi connectivity index (χ3n) is 6.25. The van der Waals surface area contributed by atoms with Crippen molar-refractivity contribution in [2.24, 2.45) is 0 Å². The van der Waals surface area contributed by atoms with Gasteiger partial charge >= 0.3 is 0 Å². The number of para-hydroxylation sites is 1. The maximum Gasteiger partial charge on any atom is 0.264 e. The minimum atomic E-state index is -4.24. The highest BCUT2D eigenvalue weighted by molar-refractivity contribution is 9.10. The van der Waals surface area contributed by atoms with E-state index < -0.39 is 28.5 Å². The number of hydrogen-bond donors (Lipinski definition) is 1. The fourth-order valence-electron chi connectivity index (χ4n) is 3.99. The second kappa shape index (κ2) is 14.2. The topological polar surface area (TPSA) is 105 Å². The van der Waals surface area contributed by atoms with Crippen LogP contribution >= 0.6 is 15.9 Å². The molecule has 0 aliphatic carbocycles. The zero-order valence-corrected chi connectivity index (χ0v) is 25.4. The fourth-order valence-corrected chi connectivity index (χ4v) is 5.69. The van der Waals surface area contributed by atoms with Gasteiger partial charge in [0, 0.05) is 23.6 Å². The number of methoxy groups -OCH3 is 2. The van der Waals surface area contributed by atoms with Crippen molar-refractivity contribution in [1.82, 2.24) is 10.2 Å². The number of nitrogens with one attached hydrogen (secondary N) is 1. The van der Waals surface area contributed by atoms with Crippen molar-refractivity contribution < 1.29 is 27.5 Å². The lowest BCUT2D eigenvalue weighted by Crippen LogP contribution is -2.51. The molecule has 0 bridgehead atoms. The monoisotopic (exact) mass is 631 g/mol. The summed E-state index contributed by atoms with van der Waals surface area (Å²) in [7, 11) is -1.36. The van der Waals surface area contributed by atoms with Crippen molar-refractivity contribution in [1.29, 1.82) is 0 Å². The van der Waals surface area contributed by atoms with Gasteiger partial charge < -0.3 is 19.7 Å². The predicted molar refractivity (Wildman–Crippen MR) is 158 cm³/mol. The van der Waals surface area contributed by atoms with Gasteiger partial charge in [0.2, 0.25) is 11.8 Å². The van der Waals surface area contributed by atoms with Gasteiger partial charge in [0.15, 0.2) is 11.5 Å². The number of sulfonamides is 1. The van der Waals surface area contributed by atoms with E-state index in [2.05, 4.69) is 21.2 Å². The van der Waals surface area contributed by atoms with Crippen molar-refractivity contribution >= 4 is 43.5 Å². The highest BCUT2D eigenvalue weighted by atomic mass is 79.9. The van der Waals surface area contributed by atoms with Crippen LogP contribution in [0.4, 0.5) is 5.69 Å². The molecule has 2 amide bonds. The summed E-state index contributed by atoms with van der Waals surface area (Å²) in [6.07, 6.45) is 0.741. The normalized spacial score (nSPS) is 11.8. The van der Waals surface area contributed by atoms with Gasteiger partial charge in [0.05, 0.1) is 24.8 Å². The molecule has 9 nitrogen and oxygen atoms in total. The number of halogens is 1. The first-order chi connectivity index (χ1) is 19.1. The molecule has 1 atom stereocenters. The molecule has 0 radical (unpaired) electrons. The number of carbonyl (C=O) groups excluding carboxylic acids is 2. The van der Waals surface area contributed by atoms with Crippen molar-refractivity contribution in [2.75, 3.05) is 31.6 Å². The lowest BCUT2D eigenvalue weighted by atomic mass is 10.1. The third kappa shape index (κ3) is 7.54. The van der Waals surface area contributed by atoms with E-state index in [1.807, 2.05) is 31.2 Å². The van der Waals surface area contributed by atoms with Crippen LogP contribution in [0.5, 0.6) is 11.5 Å². The van der Waals surface area contributed by atoms with Gasteiger partial charge in [-0.25, -0.2) is 8.42 Å². The lowest BCUT2D eigenvalue weighted by Gasteiger charge is -2.32. The Balaban J connectivity index is 2.02. The number of amides is 2. The lowest BCUT2D eigenvalue weighted by molar-refractivity contribution is -0.139. The second-order valence-corrected chi connectivity index (χ2v) is 11.8. The summed E-state index contributed by atoms with van der Waals surface area (Å²) >= 11 is 3.41. The first kappa shape index (κ1) is 31.0. The van der Waals surface area contributed by atoms with Crippen molar-refractivity contribution in [2.45, 2.75) is 37.8 Å². The Bertz CT molecular complexity index is 1400. The summed E-state index contributed by atoms with van der Waals surface area (Å²) < 4.78 is 40.4. The molecule has 0 heterocycles. The molecule has 0 saturated heterocycles. The highest BCUT2D eigenvalue weighted by Crippen LogP contribution is 2.32. The SMILES string of the molecule is CCCNC(=O)[C@H](C)N(Cc1ccc(Br)cc1)C(=O)CN(c1ccccc1)S(=O)(=O)c1ccc(OC)c(OC)c1. The number of benzene rings is 3. The number of hydrogen-bond acceptors (Lipinski definition) is 6. The summed E-state index contributed by atoms with van der Waals surface area (Å²) in [6, 6.07) is 19.2. The van der Waals surface area contributed by atoms with Crippen LogP contribution in [0.2, 0.25) is 0 Å². The third-order valence-corrected chi connectivity index (χ3v) is 8.55. The highest BCUT2D eigenvalue weighted by Gasteiger charge is 2.33. The Labute approximate surface area is 244 Å². The van der Waals surface area contributed by atoms with E-state index in [1.54, 1.807) is 37.3 Å². The molecule has 214 valence electrons. The van der Waals surface area contributed by atoms with E-state index in [9.17, 15) is 18.0 Å². The molecule has 0 spiro atoms. The summed E-state index contributed by atoms with van der Waals surface area (Å²) in [4.78, 5) is 28.2. The average Bonchev–Trinajstić information content (AvgIpc) is 2.97. The fraction of sp³-hybridized carbons (Fsp3) is 0.310. The largest absolute Gasteiger partial charge is 0.493 e.